The Morgan fingerprint density at radius 2 is 1.72 bits per heavy atom. The highest BCUT2D eigenvalue weighted by atomic mass is 16.7. The van der Waals surface area contributed by atoms with Crippen LogP contribution < -0.4 is 0 Å². The number of esters is 1. The van der Waals surface area contributed by atoms with E-state index in [0.717, 1.165) is 56.7 Å². The molecule has 5 fully saturated rings. The highest BCUT2D eigenvalue weighted by molar-refractivity contribution is 5.66. The minimum atomic E-state index is -0.449. The summed E-state index contributed by atoms with van der Waals surface area (Å²) in [5.74, 6) is 2.41. The number of ether oxygens (including phenoxy) is 3. The normalized spacial score (nSPS) is 50.4. The lowest BCUT2D eigenvalue weighted by Gasteiger charge is -2.62. The molecule has 29 heavy (non-hydrogen) atoms. The summed E-state index contributed by atoms with van der Waals surface area (Å²) >= 11 is 0. The first-order valence-electron chi connectivity index (χ1n) is 11.9. The zero-order valence-corrected chi connectivity index (χ0v) is 18.5. The van der Waals surface area contributed by atoms with Crippen LogP contribution in [0.4, 0.5) is 0 Å². The molecule has 4 heteroatoms. The molecule has 0 N–H and O–H groups in total. The Hall–Kier alpha value is -0.870. The molecule has 4 nitrogen and oxygen atoms in total. The predicted molar refractivity (Wildman–Crippen MR) is 111 cm³/mol. The van der Waals surface area contributed by atoms with E-state index in [-0.39, 0.29) is 17.2 Å². The minimum Gasteiger partial charge on any atom is -0.455 e. The van der Waals surface area contributed by atoms with Crippen molar-refractivity contribution in [2.75, 3.05) is 13.2 Å². The number of fused-ring (bicyclic) bond motifs is 6. The third-order valence-corrected chi connectivity index (χ3v) is 10.3. The van der Waals surface area contributed by atoms with Crippen LogP contribution in [0.15, 0.2) is 12.7 Å². The molecule has 0 amide bonds. The van der Waals surface area contributed by atoms with Gasteiger partial charge in [-0.25, -0.2) is 0 Å². The lowest BCUT2D eigenvalue weighted by Crippen LogP contribution is -2.58. The summed E-state index contributed by atoms with van der Waals surface area (Å²) in [6.07, 6.45) is 12.3. The van der Waals surface area contributed by atoms with Crippen LogP contribution >= 0.6 is 0 Å². The second-order valence-corrected chi connectivity index (χ2v) is 11.2. The molecule has 162 valence electrons. The van der Waals surface area contributed by atoms with Crippen molar-refractivity contribution in [3.05, 3.63) is 12.7 Å². The first-order chi connectivity index (χ1) is 13.8. The van der Waals surface area contributed by atoms with Crippen molar-refractivity contribution in [3.63, 3.8) is 0 Å². The highest BCUT2D eigenvalue weighted by Gasteiger charge is 2.67. The van der Waals surface area contributed by atoms with Crippen molar-refractivity contribution < 1.29 is 19.0 Å². The molecule has 0 aromatic carbocycles. The van der Waals surface area contributed by atoms with Gasteiger partial charge in [-0.3, -0.25) is 4.79 Å². The molecule has 1 heterocycles. The van der Waals surface area contributed by atoms with Crippen LogP contribution in [0, 0.1) is 34.5 Å². The average Bonchev–Trinajstić information content (AvgIpc) is 3.28. The molecule has 0 bridgehead atoms. The number of rotatable bonds is 2. The summed E-state index contributed by atoms with van der Waals surface area (Å²) in [5.41, 5.74) is 0.0736. The summed E-state index contributed by atoms with van der Waals surface area (Å²) in [5, 5.41) is 0. The number of carbonyl (C=O) groups excluding carboxylic acids is 1. The number of hydrogen-bond acceptors (Lipinski definition) is 4. The molecule has 1 spiro atoms. The molecule has 0 radical (unpaired) electrons. The largest absolute Gasteiger partial charge is 0.455 e. The molecule has 7 atom stereocenters. The smallest absolute Gasteiger partial charge is 0.303 e. The fourth-order valence-corrected chi connectivity index (χ4v) is 8.75. The third kappa shape index (κ3) is 2.67. The second-order valence-electron chi connectivity index (χ2n) is 11.2. The molecule has 1 aliphatic heterocycles. The zero-order chi connectivity index (χ0) is 20.5. The first kappa shape index (κ1) is 20.1. The van der Waals surface area contributed by atoms with E-state index in [1.165, 1.54) is 39.0 Å². The van der Waals surface area contributed by atoms with Crippen LogP contribution in [0.25, 0.3) is 0 Å². The lowest BCUT2D eigenvalue weighted by atomic mass is 9.44. The Labute approximate surface area is 175 Å². The zero-order valence-electron chi connectivity index (χ0n) is 18.5. The lowest BCUT2D eigenvalue weighted by molar-refractivity contribution is -0.248. The van der Waals surface area contributed by atoms with E-state index in [1.54, 1.807) is 0 Å². The maximum Gasteiger partial charge on any atom is 0.303 e. The molecule has 7 unspecified atom stereocenters. The number of carbonyl (C=O) groups is 1. The average molecular weight is 403 g/mol. The van der Waals surface area contributed by atoms with Gasteiger partial charge in [-0.15, -0.1) is 0 Å². The summed E-state index contributed by atoms with van der Waals surface area (Å²) in [6, 6.07) is 0. The Kier molecular flexibility index (Phi) is 4.54. The fraction of sp³-hybridized carbons (Fsp3) is 0.880. The van der Waals surface area contributed by atoms with E-state index >= 15 is 0 Å². The van der Waals surface area contributed by atoms with Crippen molar-refractivity contribution in [2.24, 2.45) is 34.5 Å². The monoisotopic (exact) mass is 402 g/mol. The van der Waals surface area contributed by atoms with Gasteiger partial charge < -0.3 is 14.2 Å². The van der Waals surface area contributed by atoms with Gasteiger partial charge in [0, 0.05) is 18.8 Å². The Bertz CT molecular complexity index is 697. The van der Waals surface area contributed by atoms with Crippen LogP contribution in [0.5, 0.6) is 0 Å². The van der Waals surface area contributed by atoms with E-state index in [1.807, 2.05) is 6.08 Å². The van der Waals surface area contributed by atoms with E-state index in [0.29, 0.717) is 11.3 Å². The van der Waals surface area contributed by atoms with Crippen LogP contribution in [-0.2, 0) is 19.0 Å². The summed E-state index contributed by atoms with van der Waals surface area (Å²) < 4.78 is 18.4. The Balaban J connectivity index is 1.39. The van der Waals surface area contributed by atoms with Gasteiger partial charge in [0.2, 0.25) is 0 Å². The van der Waals surface area contributed by atoms with Gasteiger partial charge >= 0.3 is 5.97 Å². The molecule has 5 rings (SSSR count). The van der Waals surface area contributed by atoms with Gasteiger partial charge in [0.15, 0.2) is 5.79 Å². The fourth-order valence-electron chi connectivity index (χ4n) is 8.75. The Morgan fingerprint density at radius 1 is 1.00 bits per heavy atom. The Morgan fingerprint density at radius 3 is 2.41 bits per heavy atom. The molecule has 4 saturated carbocycles. The second kappa shape index (κ2) is 6.56. The van der Waals surface area contributed by atoms with Crippen molar-refractivity contribution in [2.45, 2.75) is 89.9 Å². The van der Waals surface area contributed by atoms with E-state index in [2.05, 4.69) is 20.4 Å². The molecule has 1 saturated heterocycles. The molecule has 4 aliphatic carbocycles. The summed E-state index contributed by atoms with van der Waals surface area (Å²) in [4.78, 5) is 11.7. The third-order valence-electron chi connectivity index (χ3n) is 10.3. The SMILES string of the molecule is C=CC1(OC(C)=O)CCC2(C)C(CCC3C2CCC2(C)C3CCC23OCCO3)C1. The van der Waals surface area contributed by atoms with E-state index in [4.69, 9.17) is 14.2 Å². The van der Waals surface area contributed by atoms with Gasteiger partial charge in [0.05, 0.1) is 13.2 Å². The maximum absolute atomic E-state index is 11.7. The first-order valence-corrected chi connectivity index (χ1v) is 11.9. The van der Waals surface area contributed by atoms with Gasteiger partial charge in [0.25, 0.3) is 0 Å². The van der Waals surface area contributed by atoms with Gasteiger partial charge in [-0.2, -0.15) is 0 Å². The van der Waals surface area contributed by atoms with Crippen LogP contribution in [0.2, 0.25) is 0 Å². The molecule has 0 aromatic rings. The topological polar surface area (TPSA) is 44.8 Å². The van der Waals surface area contributed by atoms with Gasteiger partial charge in [0.1, 0.15) is 5.60 Å². The highest BCUT2D eigenvalue weighted by Crippen LogP contribution is 2.70. The summed E-state index contributed by atoms with van der Waals surface area (Å²) in [6.45, 7) is 12.1. The summed E-state index contributed by atoms with van der Waals surface area (Å²) in [7, 11) is 0. The van der Waals surface area contributed by atoms with Gasteiger partial charge in [-0.05, 0) is 86.5 Å². The minimum absolute atomic E-state index is 0.172. The molecular formula is C25H38O4. The van der Waals surface area contributed by atoms with Crippen LogP contribution in [0.3, 0.4) is 0 Å². The van der Waals surface area contributed by atoms with E-state index < -0.39 is 5.60 Å². The predicted octanol–water partition coefficient (Wildman–Crippen LogP) is 5.26. The molecule has 0 aromatic heterocycles. The van der Waals surface area contributed by atoms with Crippen LogP contribution in [-0.4, -0.2) is 30.6 Å². The standard InChI is InChI=1S/C25H38O4/c1-5-24(29-17(2)26)13-12-22(3)18(16-24)6-7-19-20(22)8-10-23(4)21(19)9-11-25(23)27-14-15-28-25/h5,18-21H,1,6-16H2,2-4H3. The van der Waals surface area contributed by atoms with Crippen LogP contribution in [0.1, 0.15) is 78.6 Å². The van der Waals surface area contributed by atoms with Crippen molar-refractivity contribution in [1.29, 1.82) is 0 Å². The van der Waals surface area contributed by atoms with Crippen molar-refractivity contribution in [3.8, 4) is 0 Å². The van der Waals surface area contributed by atoms with Crippen molar-refractivity contribution in [1.82, 2.24) is 0 Å². The van der Waals surface area contributed by atoms with E-state index in [9.17, 15) is 4.79 Å². The molecular weight excluding hydrogens is 364 g/mol. The number of hydrogen-bond donors (Lipinski definition) is 0. The van der Waals surface area contributed by atoms with Gasteiger partial charge in [-0.1, -0.05) is 20.4 Å². The molecule has 5 aliphatic rings. The van der Waals surface area contributed by atoms with Crippen molar-refractivity contribution >= 4 is 5.97 Å². The maximum atomic E-state index is 11.7. The quantitative estimate of drug-likeness (QED) is 0.467.